The number of carbonyl (C=O) groups excluding carboxylic acids is 1. The lowest BCUT2D eigenvalue weighted by Crippen LogP contribution is -2.33. The van der Waals surface area contributed by atoms with Crippen molar-refractivity contribution in [3.8, 4) is 5.75 Å². The van der Waals surface area contributed by atoms with E-state index in [4.69, 9.17) is 4.74 Å². The van der Waals surface area contributed by atoms with Crippen LogP contribution in [-0.2, 0) is 4.79 Å². The molecule has 1 heterocycles. The lowest BCUT2D eigenvalue weighted by atomic mass is 10.1. The van der Waals surface area contributed by atoms with Gasteiger partial charge in [-0.05, 0) is 47.7 Å². The van der Waals surface area contributed by atoms with Crippen LogP contribution < -0.4 is 10.1 Å². The van der Waals surface area contributed by atoms with E-state index in [-0.39, 0.29) is 24.4 Å². The van der Waals surface area contributed by atoms with Crippen molar-refractivity contribution in [2.45, 2.75) is 13.0 Å². The summed E-state index contributed by atoms with van der Waals surface area (Å²) in [5.74, 6) is 0.154. The first-order chi connectivity index (χ1) is 12.1. The third-order valence-electron chi connectivity index (χ3n) is 3.79. The molecule has 128 valence electrons. The van der Waals surface area contributed by atoms with Crippen molar-refractivity contribution in [1.82, 2.24) is 5.32 Å². The monoisotopic (exact) mass is 355 g/mol. The second-order valence-corrected chi connectivity index (χ2v) is 6.60. The quantitative estimate of drug-likeness (QED) is 0.708. The van der Waals surface area contributed by atoms with E-state index in [0.29, 0.717) is 5.75 Å². The fourth-order valence-electron chi connectivity index (χ4n) is 2.49. The number of thiophene rings is 1. The third kappa shape index (κ3) is 4.45. The zero-order valence-electron chi connectivity index (χ0n) is 13.7. The molecular weight excluding hydrogens is 337 g/mol. The Morgan fingerprint density at radius 1 is 1.12 bits per heavy atom. The smallest absolute Gasteiger partial charge is 0.258 e. The minimum absolute atomic E-state index is 0.0755. The molecule has 1 amide bonds. The second kappa shape index (κ2) is 7.94. The van der Waals surface area contributed by atoms with Crippen molar-refractivity contribution < 1.29 is 13.9 Å². The number of benzene rings is 2. The maximum Gasteiger partial charge on any atom is 0.258 e. The first-order valence-electron chi connectivity index (χ1n) is 7.90. The molecule has 0 saturated carbocycles. The first kappa shape index (κ1) is 17.2. The highest BCUT2D eigenvalue weighted by molar-refractivity contribution is 7.10. The normalized spacial score (nSPS) is 11.8. The van der Waals surface area contributed by atoms with E-state index in [1.54, 1.807) is 12.1 Å². The molecule has 0 radical (unpaired) electrons. The highest BCUT2D eigenvalue weighted by atomic mass is 32.1. The molecule has 3 aromatic rings. The average Bonchev–Trinajstić information content (AvgIpc) is 3.14. The van der Waals surface area contributed by atoms with Crippen LogP contribution in [0.4, 0.5) is 4.39 Å². The number of hydrogen-bond acceptors (Lipinski definition) is 3. The predicted octanol–water partition coefficient (Wildman–Crippen LogP) is 4.48. The number of carbonyl (C=O) groups is 1. The molecular formula is C20H18FNO2S. The largest absolute Gasteiger partial charge is 0.484 e. The van der Waals surface area contributed by atoms with Crippen LogP contribution in [0.3, 0.4) is 0 Å². The molecule has 0 spiro atoms. The highest BCUT2D eigenvalue weighted by Gasteiger charge is 2.18. The molecule has 1 N–H and O–H groups in total. The van der Waals surface area contributed by atoms with Gasteiger partial charge in [0.05, 0.1) is 6.04 Å². The fourth-order valence-corrected chi connectivity index (χ4v) is 3.30. The molecule has 5 heteroatoms. The topological polar surface area (TPSA) is 38.3 Å². The van der Waals surface area contributed by atoms with Gasteiger partial charge < -0.3 is 10.1 Å². The zero-order valence-corrected chi connectivity index (χ0v) is 14.6. The molecule has 3 nitrogen and oxygen atoms in total. The van der Waals surface area contributed by atoms with Gasteiger partial charge in [0, 0.05) is 4.88 Å². The van der Waals surface area contributed by atoms with Crippen LogP contribution >= 0.6 is 11.3 Å². The molecule has 25 heavy (non-hydrogen) atoms. The van der Waals surface area contributed by atoms with Crippen LogP contribution in [0, 0.1) is 12.7 Å². The van der Waals surface area contributed by atoms with Gasteiger partial charge in [0.25, 0.3) is 5.91 Å². The number of ether oxygens (including phenoxy) is 1. The Hall–Kier alpha value is -2.66. The van der Waals surface area contributed by atoms with Crippen LogP contribution in [0.1, 0.15) is 22.0 Å². The van der Waals surface area contributed by atoms with Gasteiger partial charge in [-0.25, -0.2) is 4.39 Å². The van der Waals surface area contributed by atoms with Gasteiger partial charge in [-0.3, -0.25) is 4.79 Å². The van der Waals surface area contributed by atoms with E-state index >= 15 is 0 Å². The summed E-state index contributed by atoms with van der Waals surface area (Å²) in [6.07, 6.45) is 0. The minimum Gasteiger partial charge on any atom is -0.484 e. The molecule has 1 aromatic heterocycles. The molecule has 1 unspecified atom stereocenters. The van der Waals surface area contributed by atoms with Gasteiger partial charge in [-0.1, -0.05) is 36.4 Å². The lowest BCUT2D eigenvalue weighted by Gasteiger charge is -2.18. The van der Waals surface area contributed by atoms with Crippen molar-refractivity contribution in [1.29, 1.82) is 0 Å². The maximum absolute atomic E-state index is 13.2. The molecule has 0 aliphatic rings. The van der Waals surface area contributed by atoms with Crippen LogP contribution in [0.2, 0.25) is 0 Å². The molecule has 0 fully saturated rings. The summed E-state index contributed by atoms with van der Waals surface area (Å²) in [4.78, 5) is 13.4. The Bertz CT molecular complexity index is 831. The van der Waals surface area contributed by atoms with Gasteiger partial charge >= 0.3 is 0 Å². The summed E-state index contributed by atoms with van der Waals surface area (Å²) in [6.45, 7) is 1.86. The molecule has 0 saturated heterocycles. The van der Waals surface area contributed by atoms with E-state index in [1.807, 2.05) is 48.7 Å². The van der Waals surface area contributed by atoms with Crippen molar-refractivity contribution >= 4 is 17.2 Å². The van der Waals surface area contributed by atoms with Crippen LogP contribution in [0.15, 0.2) is 66.0 Å². The van der Waals surface area contributed by atoms with E-state index < -0.39 is 0 Å². The lowest BCUT2D eigenvalue weighted by molar-refractivity contribution is -0.123. The van der Waals surface area contributed by atoms with Gasteiger partial charge in [0.1, 0.15) is 11.6 Å². The molecule has 0 aliphatic heterocycles. The Morgan fingerprint density at radius 2 is 1.88 bits per heavy atom. The number of nitrogens with one attached hydrogen (secondary N) is 1. The van der Waals surface area contributed by atoms with Gasteiger partial charge in [-0.2, -0.15) is 0 Å². The van der Waals surface area contributed by atoms with E-state index in [0.717, 1.165) is 16.0 Å². The van der Waals surface area contributed by atoms with Crippen LogP contribution in [-0.4, -0.2) is 12.5 Å². The van der Waals surface area contributed by atoms with Gasteiger partial charge in [0.15, 0.2) is 6.61 Å². The van der Waals surface area contributed by atoms with Crippen molar-refractivity contribution in [2.24, 2.45) is 0 Å². The third-order valence-corrected chi connectivity index (χ3v) is 4.73. The van der Waals surface area contributed by atoms with Gasteiger partial charge in [-0.15, -0.1) is 11.3 Å². The maximum atomic E-state index is 13.2. The fraction of sp³-hybridized carbons (Fsp3) is 0.150. The summed E-state index contributed by atoms with van der Waals surface area (Å²) in [5.41, 5.74) is 1.80. The Morgan fingerprint density at radius 3 is 2.56 bits per heavy atom. The predicted molar refractivity (Wildman–Crippen MR) is 97.4 cm³/mol. The van der Waals surface area contributed by atoms with Crippen LogP contribution in [0.5, 0.6) is 5.75 Å². The molecule has 2 aromatic carbocycles. The van der Waals surface area contributed by atoms with Crippen molar-refractivity contribution in [3.63, 3.8) is 0 Å². The first-order valence-corrected chi connectivity index (χ1v) is 8.78. The standard InChI is InChI=1S/C20H18FNO2S/c1-14-5-2-3-6-17(14)24-13-19(23)22-20(18-7-4-12-25-18)15-8-10-16(21)11-9-15/h2-12,20H,13H2,1H3,(H,22,23). The van der Waals surface area contributed by atoms with Crippen molar-refractivity contribution in [3.05, 3.63) is 87.9 Å². The number of halogens is 1. The molecule has 0 aliphatic carbocycles. The number of rotatable bonds is 6. The van der Waals surface area contributed by atoms with E-state index in [1.165, 1.54) is 23.5 Å². The highest BCUT2D eigenvalue weighted by Crippen LogP contribution is 2.26. The van der Waals surface area contributed by atoms with Crippen LogP contribution in [0.25, 0.3) is 0 Å². The van der Waals surface area contributed by atoms with E-state index in [9.17, 15) is 9.18 Å². The average molecular weight is 355 g/mol. The SMILES string of the molecule is Cc1ccccc1OCC(=O)NC(c1ccc(F)cc1)c1cccs1. The summed E-state index contributed by atoms with van der Waals surface area (Å²) in [6, 6.07) is 17.3. The Labute approximate surface area is 150 Å². The summed E-state index contributed by atoms with van der Waals surface area (Å²) in [5, 5.41) is 4.92. The molecule has 1 atom stereocenters. The van der Waals surface area contributed by atoms with Crippen molar-refractivity contribution in [2.75, 3.05) is 6.61 Å². The number of para-hydroxylation sites is 1. The second-order valence-electron chi connectivity index (χ2n) is 5.62. The Kier molecular flexibility index (Phi) is 5.46. The summed E-state index contributed by atoms with van der Waals surface area (Å²) >= 11 is 1.54. The van der Waals surface area contributed by atoms with E-state index in [2.05, 4.69) is 5.32 Å². The Balaban J connectivity index is 1.71. The number of hydrogen-bond donors (Lipinski definition) is 1. The zero-order chi connectivity index (χ0) is 17.6. The number of amides is 1. The van der Waals surface area contributed by atoms with Gasteiger partial charge in [0.2, 0.25) is 0 Å². The molecule has 0 bridgehead atoms. The summed E-state index contributed by atoms with van der Waals surface area (Å²) < 4.78 is 18.8. The minimum atomic E-state index is -0.325. The number of aryl methyl sites for hydroxylation is 1. The summed E-state index contributed by atoms with van der Waals surface area (Å²) in [7, 11) is 0. The molecule has 3 rings (SSSR count).